The van der Waals surface area contributed by atoms with Crippen molar-refractivity contribution >= 4 is 5.97 Å². The van der Waals surface area contributed by atoms with Crippen molar-refractivity contribution in [2.75, 3.05) is 40.1 Å². The molecule has 0 aliphatic rings. The Bertz CT molecular complexity index is 325. The predicted octanol–water partition coefficient (Wildman–Crippen LogP) is 4.58. The number of carboxylic acid groups (broad SMARTS) is 1. The van der Waals surface area contributed by atoms with Crippen molar-refractivity contribution in [1.29, 1.82) is 0 Å². The molecule has 0 aliphatic carbocycles. The largest absolute Gasteiger partial charge is 0.477 e. The van der Waals surface area contributed by atoms with Crippen LogP contribution in [0.2, 0.25) is 0 Å². The van der Waals surface area contributed by atoms with Crippen LogP contribution in [0, 0.1) is 0 Å². The van der Waals surface area contributed by atoms with Gasteiger partial charge in [-0.05, 0) is 6.42 Å². The van der Waals surface area contributed by atoms with Gasteiger partial charge in [0.2, 0.25) is 0 Å². The van der Waals surface area contributed by atoms with E-state index in [0.29, 0.717) is 30.8 Å². The first-order valence-corrected chi connectivity index (χ1v) is 10.8. The van der Waals surface area contributed by atoms with Crippen molar-refractivity contribution in [3.05, 3.63) is 0 Å². The van der Waals surface area contributed by atoms with Crippen LogP contribution in [0.4, 0.5) is 0 Å². The van der Waals surface area contributed by atoms with Gasteiger partial charge in [-0.15, -0.1) is 0 Å². The Labute approximate surface area is 161 Å². The Morgan fingerprint density at radius 2 is 1.35 bits per heavy atom. The number of aliphatic carboxylic acids is 1. The fraction of sp³-hybridized carbons (Fsp3) is 0.952. The number of ether oxygens (including phenoxy) is 1. The number of likely N-dealkylation sites (N-methyl/N-ethyl adjacent to an activating group) is 1. The molecular weight excluding hydrogens is 330 g/mol. The molecule has 0 saturated heterocycles. The van der Waals surface area contributed by atoms with Crippen LogP contribution in [-0.2, 0) is 9.53 Å². The number of aliphatic hydroxyl groups excluding tert-OH is 1. The number of nitrogens with zero attached hydrogens (tertiary/aromatic N) is 1. The monoisotopic (exact) mass is 374 g/mol. The fourth-order valence-electron chi connectivity index (χ4n) is 3.30. The molecule has 0 radical (unpaired) electrons. The molecule has 0 bridgehead atoms. The van der Waals surface area contributed by atoms with Gasteiger partial charge in [-0.1, -0.05) is 77.6 Å². The minimum atomic E-state index is -0.820. The molecule has 5 nitrogen and oxygen atoms in total. The molecule has 0 heterocycles. The van der Waals surface area contributed by atoms with E-state index in [0.717, 1.165) is 6.42 Å². The summed E-state index contributed by atoms with van der Waals surface area (Å²) in [5.41, 5.74) is 0. The Kier molecular flexibility index (Phi) is 17.3. The van der Waals surface area contributed by atoms with E-state index < -0.39 is 5.97 Å². The number of hydrogen-bond donors (Lipinski definition) is 2. The first kappa shape index (κ1) is 25.4. The van der Waals surface area contributed by atoms with Crippen molar-refractivity contribution < 1.29 is 24.2 Å². The van der Waals surface area contributed by atoms with E-state index in [-0.39, 0.29) is 13.2 Å². The molecule has 0 spiro atoms. The Morgan fingerprint density at radius 1 is 0.846 bits per heavy atom. The van der Waals surface area contributed by atoms with Crippen LogP contribution in [0.3, 0.4) is 0 Å². The number of hydrogen-bond acceptors (Lipinski definition) is 3. The first-order chi connectivity index (χ1) is 12.5. The lowest BCUT2D eigenvalue weighted by Crippen LogP contribution is -2.50. The number of carboxylic acids is 1. The van der Waals surface area contributed by atoms with Crippen LogP contribution in [0.25, 0.3) is 0 Å². The summed E-state index contributed by atoms with van der Waals surface area (Å²) in [5, 5.41) is 18.0. The molecule has 0 fully saturated rings. The van der Waals surface area contributed by atoms with Gasteiger partial charge in [0.05, 0.1) is 20.2 Å². The molecule has 1 unspecified atom stereocenters. The summed E-state index contributed by atoms with van der Waals surface area (Å²) in [6.45, 7) is 4.12. The molecule has 0 aromatic heterocycles. The summed E-state index contributed by atoms with van der Waals surface area (Å²) in [6.07, 6.45) is 16.5. The lowest BCUT2D eigenvalue weighted by Gasteiger charge is -2.32. The third kappa shape index (κ3) is 16.8. The van der Waals surface area contributed by atoms with Crippen molar-refractivity contribution in [2.24, 2.45) is 0 Å². The standard InChI is InChI=1S/C21H43NO4/c1-3-4-5-6-7-8-9-10-11-12-13-14-18-26-20-22(2,16-15-17-23)19-21(24)25/h23H,3-20H2,1-2H3/p+1. The van der Waals surface area contributed by atoms with E-state index in [9.17, 15) is 4.79 Å². The maximum Gasteiger partial charge on any atom is 0.359 e. The zero-order valence-corrected chi connectivity index (χ0v) is 17.4. The molecule has 2 N–H and O–H groups in total. The second-order valence-electron chi connectivity index (χ2n) is 7.90. The van der Waals surface area contributed by atoms with E-state index in [1.54, 1.807) is 0 Å². The number of carbonyl (C=O) groups is 1. The van der Waals surface area contributed by atoms with Gasteiger partial charge in [0.25, 0.3) is 0 Å². The zero-order valence-electron chi connectivity index (χ0n) is 17.4. The third-order valence-electron chi connectivity index (χ3n) is 4.92. The predicted molar refractivity (Wildman–Crippen MR) is 107 cm³/mol. The van der Waals surface area contributed by atoms with E-state index in [1.165, 1.54) is 70.6 Å². The van der Waals surface area contributed by atoms with Gasteiger partial charge in [0.15, 0.2) is 13.3 Å². The molecule has 1 atom stereocenters. The summed E-state index contributed by atoms with van der Waals surface area (Å²) >= 11 is 0. The molecule has 0 rings (SSSR count). The zero-order chi connectivity index (χ0) is 19.5. The lowest BCUT2D eigenvalue weighted by atomic mass is 10.1. The van der Waals surface area contributed by atoms with Crippen LogP contribution in [-0.4, -0.2) is 60.7 Å². The minimum absolute atomic E-state index is 0.0401. The van der Waals surface area contributed by atoms with Crippen LogP contribution in [0.5, 0.6) is 0 Å². The third-order valence-corrected chi connectivity index (χ3v) is 4.92. The molecule has 0 amide bonds. The molecule has 0 saturated carbocycles. The van der Waals surface area contributed by atoms with Gasteiger partial charge >= 0.3 is 5.97 Å². The quantitative estimate of drug-likeness (QED) is 0.186. The van der Waals surface area contributed by atoms with Crippen molar-refractivity contribution in [1.82, 2.24) is 0 Å². The Hall–Kier alpha value is -0.650. The lowest BCUT2D eigenvalue weighted by molar-refractivity contribution is -0.921. The molecule has 5 heteroatoms. The van der Waals surface area contributed by atoms with Gasteiger partial charge in [0.1, 0.15) is 0 Å². The van der Waals surface area contributed by atoms with E-state index in [2.05, 4.69) is 6.92 Å². The number of rotatable bonds is 20. The second-order valence-corrected chi connectivity index (χ2v) is 7.90. The number of quaternary nitrogens is 1. The summed E-state index contributed by atoms with van der Waals surface area (Å²) in [7, 11) is 1.88. The normalized spacial score (nSPS) is 13.7. The fourth-order valence-corrected chi connectivity index (χ4v) is 3.30. The first-order valence-electron chi connectivity index (χ1n) is 10.8. The topological polar surface area (TPSA) is 66.8 Å². The van der Waals surface area contributed by atoms with Gasteiger partial charge in [-0.2, -0.15) is 0 Å². The molecule has 0 aromatic carbocycles. The van der Waals surface area contributed by atoms with Crippen LogP contribution in [0.1, 0.15) is 90.4 Å². The number of aliphatic hydroxyl groups is 1. The molecular formula is C21H44NO4+. The summed E-state index contributed by atoms with van der Waals surface area (Å²) in [6, 6.07) is 0. The maximum atomic E-state index is 11.0. The summed E-state index contributed by atoms with van der Waals surface area (Å²) < 4.78 is 6.04. The average Bonchev–Trinajstić information content (AvgIpc) is 2.60. The minimum Gasteiger partial charge on any atom is -0.477 e. The van der Waals surface area contributed by atoms with E-state index >= 15 is 0 Å². The molecule has 26 heavy (non-hydrogen) atoms. The van der Waals surface area contributed by atoms with Crippen molar-refractivity contribution in [2.45, 2.75) is 90.4 Å². The molecule has 0 aromatic rings. The van der Waals surface area contributed by atoms with Gasteiger partial charge in [-0.3, -0.25) is 4.48 Å². The van der Waals surface area contributed by atoms with E-state index in [4.69, 9.17) is 14.9 Å². The van der Waals surface area contributed by atoms with Crippen LogP contribution in [0.15, 0.2) is 0 Å². The highest BCUT2D eigenvalue weighted by molar-refractivity contribution is 5.67. The van der Waals surface area contributed by atoms with Crippen LogP contribution < -0.4 is 0 Å². The van der Waals surface area contributed by atoms with Gasteiger partial charge in [-0.25, -0.2) is 4.79 Å². The summed E-state index contributed by atoms with van der Waals surface area (Å²) in [4.78, 5) is 11.0. The summed E-state index contributed by atoms with van der Waals surface area (Å²) in [5.74, 6) is -0.820. The average molecular weight is 375 g/mol. The van der Waals surface area contributed by atoms with Gasteiger partial charge < -0.3 is 14.9 Å². The second kappa shape index (κ2) is 17.7. The molecule has 0 aliphatic heterocycles. The highest BCUT2D eigenvalue weighted by Crippen LogP contribution is 2.12. The number of unbranched alkanes of at least 4 members (excludes halogenated alkanes) is 11. The molecule has 156 valence electrons. The van der Waals surface area contributed by atoms with Crippen molar-refractivity contribution in [3.63, 3.8) is 0 Å². The Morgan fingerprint density at radius 3 is 1.81 bits per heavy atom. The van der Waals surface area contributed by atoms with Crippen molar-refractivity contribution in [3.8, 4) is 0 Å². The van der Waals surface area contributed by atoms with Crippen LogP contribution >= 0.6 is 0 Å². The maximum absolute atomic E-state index is 11.0. The highest BCUT2D eigenvalue weighted by Gasteiger charge is 2.24. The Balaban J connectivity index is 3.48. The SMILES string of the molecule is CCCCCCCCCCCCCCOC[N+](C)(CCCO)CC(=O)O. The van der Waals surface area contributed by atoms with E-state index in [1.807, 2.05) is 7.05 Å². The van der Waals surface area contributed by atoms with Gasteiger partial charge in [0, 0.05) is 13.0 Å². The highest BCUT2D eigenvalue weighted by atomic mass is 16.5. The smallest absolute Gasteiger partial charge is 0.359 e.